The van der Waals surface area contributed by atoms with Crippen molar-refractivity contribution in [3.8, 4) is 5.75 Å². The molecular formula is C23H26N4O2. The molecule has 1 amide bonds. The summed E-state index contributed by atoms with van der Waals surface area (Å²) < 4.78 is 7.64. The van der Waals surface area contributed by atoms with Crippen LogP contribution in [0.5, 0.6) is 5.75 Å². The number of pyridine rings is 1. The molecule has 0 atom stereocenters. The third kappa shape index (κ3) is 3.19. The summed E-state index contributed by atoms with van der Waals surface area (Å²) in [4.78, 5) is 19.3. The minimum atomic E-state index is -0.144. The highest BCUT2D eigenvalue weighted by Crippen LogP contribution is 2.36. The van der Waals surface area contributed by atoms with Crippen LogP contribution in [0.15, 0.2) is 36.5 Å². The number of carbonyl (C=O) groups is 1. The van der Waals surface area contributed by atoms with Gasteiger partial charge in [-0.25, -0.2) is 0 Å². The molecule has 0 unspecified atom stereocenters. The average molecular weight is 390 g/mol. The standard InChI is InChI=1S/C23H26N4O2/c1-14-16-8-9-24-21(23(28)25-10-11-26(2)3)18(16)13-19-17-12-15(29-5)6-7-20(17)27(4)22(14)19/h6-9,12-13H,10-11H2,1-5H3,(H,25,28). The van der Waals surface area contributed by atoms with Gasteiger partial charge in [0.25, 0.3) is 5.91 Å². The lowest BCUT2D eigenvalue weighted by Gasteiger charge is -2.12. The number of aromatic nitrogens is 2. The number of hydrogen-bond donors (Lipinski definition) is 1. The number of likely N-dealkylation sites (N-methyl/N-ethyl adjacent to an activating group) is 1. The lowest BCUT2D eigenvalue weighted by molar-refractivity contribution is 0.0948. The van der Waals surface area contributed by atoms with Gasteiger partial charge in [-0.2, -0.15) is 0 Å². The summed E-state index contributed by atoms with van der Waals surface area (Å²) in [5, 5.41) is 7.10. The first-order valence-corrected chi connectivity index (χ1v) is 9.69. The number of nitrogens with zero attached hydrogens (tertiary/aromatic N) is 3. The van der Waals surface area contributed by atoms with Crippen molar-refractivity contribution < 1.29 is 9.53 Å². The minimum absolute atomic E-state index is 0.144. The highest BCUT2D eigenvalue weighted by molar-refractivity contribution is 6.17. The smallest absolute Gasteiger partial charge is 0.270 e. The van der Waals surface area contributed by atoms with Crippen molar-refractivity contribution in [2.45, 2.75) is 6.92 Å². The summed E-state index contributed by atoms with van der Waals surface area (Å²) >= 11 is 0. The second-order valence-electron chi connectivity index (χ2n) is 7.65. The number of carbonyl (C=O) groups excluding carboxylic acids is 1. The molecule has 2 heterocycles. The van der Waals surface area contributed by atoms with Crippen LogP contribution in [-0.2, 0) is 7.05 Å². The maximum Gasteiger partial charge on any atom is 0.270 e. The quantitative estimate of drug-likeness (QED) is 0.567. The highest BCUT2D eigenvalue weighted by atomic mass is 16.5. The topological polar surface area (TPSA) is 59.4 Å². The van der Waals surface area contributed by atoms with Gasteiger partial charge in [-0.3, -0.25) is 9.78 Å². The van der Waals surface area contributed by atoms with Crippen LogP contribution in [0.3, 0.4) is 0 Å². The van der Waals surface area contributed by atoms with Crippen molar-refractivity contribution in [3.05, 3.63) is 47.8 Å². The van der Waals surface area contributed by atoms with Gasteiger partial charge in [-0.1, -0.05) is 0 Å². The highest BCUT2D eigenvalue weighted by Gasteiger charge is 2.18. The van der Waals surface area contributed by atoms with Gasteiger partial charge in [0.2, 0.25) is 0 Å². The van der Waals surface area contributed by atoms with E-state index in [0.717, 1.165) is 50.4 Å². The van der Waals surface area contributed by atoms with Gasteiger partial charge in [0.1, 0.15) is 11.4 Å². The number of benzene rings is 2. The molecule has 6 heteroatoms. The first kappa shape index (κ1) is 19.2. The van der Waals surface area contributed by atoms with Crippen LogP contribution < -0.4 is 10.1 Å². The Balaban J connectivity index is 1.94. The summed E-state index contributed by atoms with van der Waals surface area (Å²) in [5.74, 6) is 0.671. The van der Waals surface area contributed by atoms with Crippen molar-refractivity contribution in [1.82, 2.24) is 19.8 Å². The fourth-order valence-electron chi connectivity index (χ4n) is 4.05. The molecule has 0 saturated carbocycles. The predicted octanol–water partition coefficient (Wildman–Crippen LogP) is 3.49. The molecule has 0 fully saturated rings. The van der Waals surface area contributed by atoms with Crippen molar-refractivity contribution in [2.75, 3.05) is 34.3 Å². The molecule has 1 N–H and O–H groups in total. The fraction of sp³-hybridized carbons (Fsp3) is 0.304. The Kier molecular flexibility index (Phi) is 4.88. The first-order valence-electron chi connectivity index (χ1n) is 9.69. The molecule has 2 aromatic carbocycles. The molecule has 0 aliphatic rings. The van der Waals surface area contributed by atoms with E-state index >= 15 is 0 Å². The molecule has 0 radical (unpaired) electrons. The van der Waals surface area contributed by atoms with Gasteiger partial charge >= 0.3 is 0 Å². The van der Waals surface area contributed by atoms with E-state index in [2.05, 4.69) is 47.0 Å². The maximum atomic E-state index is 12.8. The zero-order chi connectivity index (χ0) is 20.7. The third-order valence-electron chi connectivity index (χ3n) is 5.54. The second kappa shape index (κ2) is 7.37. The molecule has 6 nitrogen and oxygen atoms in total. The number of ether oxygens (including phenoxy) is 1. The lowest BCUT2D eigenvalue weighted by Crippen LogP contribution is -2.31. The number of methoxy groups -OCH3 is 1. The predicted molar refractivity (Wildman–Crippen MR) is 118 cm³/mol. The lowest BCUT2D eigenvalue weighted by atomic mass is 10.00. The van der Waals surface area contributed by atoms with Gasteiger partial charge in [-0.15, -0.1) is 0 Å². The minimum Gasteiger partial charge on any atom is -0.497 e. The Morgan fingerprint density at radius 1 is 1.14 bits per heavy atom. The molecule has 0 saturated heterocycles. The van der Waals surface area contributed by atoms with Crippen molar-refractivity contribution in [2.24, 2.45) is 7.05 Å². The number of fused-ring (bicyclic) bond motifs is 4. The number of rotatable bonds is 5. The van der Waals surface area contributed by atoms with Crippen molar-refractivity contribution in [1.29, 1.82) is 0 Å². The zero-order valence-electron chi connectivity index (χ0n) is 17.5. The SMILES string of the molecule is COc1ccc2c(c1)c1cc3c(C(=O)NCCN(C)C)nccc3c(C)c1n2C. The summed E-state index contributed by atoms with van der Waals surface area (Å²) in [5.41, 5.74) is 3.89. The molecular weight excluding hydrogens is 364 g/mol. The molecule has 0 spiro atoms. The number of amides is 1. The fourth-order valence-corrected chi connectivity index (χ4v) is 4.05. The zero-order valence-corrected chi connectivity index (χ0v) is 17.5. The maximum absolute atomic E-state index is 12.8. The van der Waals surface area contributed by atoms with Gasteiger partial charge in [0.15, 0.2) is 0 Å². The van der Waals surface area contributed by atoms with Crippen LogP contribution in [-0.4, -0.2) is 54.7 Å². The van der Waals surface area contributed by atoms with Crippen molar-refractivity contribution >= 4 is 38.5 Å². The Labute approximate surface area is 170 Å². The summed E-state index contributed by atoms with van der Waals surface area (Å²) in [6.07, 6.45) is 1.72. The van der Waals surface area contributed by atoms with E-state index in [1.807, 2.05) is 31.1 Å². The molecule has 0 aliphatic heterocycles. The van der Waals surface area contributed by atoms with Crippen LogP contribution in [0, 0.1) is 6.92 Å². The van der Waals surface area contributed by atoms with E-state index in [9.17, 15) is 4.79 Å². The van der Waals surface area contributed by atoms with E-state index < -0.39 is 0 Å². The largest absolute Gasteiger partial charge is 0.497 e. The van der Waals surface area contributed by atoms with E-state index in [-0.39, 0.29) is 5.91 Å². The van der Waals surface area contributed by atoms with Crippen LogP contribution in [0.1, 0.15) is 16.1 Å². The van der Waals surface area contributed by atoms with Crippen molar-refractivity contribution in [3.63, 3.8) is 0 Å². The summed E-state index contributed by atoms with van der Waals surface area (Å²) in [6.45, 7) is 3.47. The molecule has 150 valence electrons. The normalized spacial score (nSPS) is 11.7. The van der Waals surface area contributed by atoms with Gasteiger partial charge in [-0.05, 0) is 62.3 Å². The van der Waals surface area contributed by atoms with Gasteiger partial charge in [0.05, 0.1) is 12.6 Å². The van der Waals surface area contributed by atoms with Crippen LogP contribution in [0.4, 0.5) is 0 Å². The van der Waals surface area contributed by atoms with Gasteiger partial charge < -0.3 is 19.5 Å². The Hall–Kier alpha value is -3.12. The van der Waals surface area contributed by atoms with Crippen LogP contribution in [0.25, 0.3) is 32.6 Å². The number of nitrogens with one attached hydrogen (secondary N) is 1. The van der Waals surface area contributed by atoms with Crippen LogP contribution in [0.2, 0.25) is 0 Å². The van der Waals surface area contributed by atoms with Crippen LogP contribution >= 0.6 is 0 Å². The average Bonchev–Trinajstić information content (AvgIpc) is 2.99. The Bertz CT molecular complexity index is 1240. The molecule has 0 bridgehead atoms. The summed E-state index contributed by atoms with van der Waals surface area (Å²) in [6, 6.07) is 10.2. The van der Waals surface area contributed by atoms with E-state index in [1.165, 1.54) is 0 Å². The number of hydrogen-bond acceptors (Lipinski definition) is 4. The first-order chi connectivity index (χ1) is 13.9. The monoisotopic (exact) mass is 390 g/mol. The molecule has 4 aromatic rings. The second-order valence-corrected chi connectivity index (χ2v) is 7.65. The van der Waals surface area contributed by atoms with E-state index in [1.54, 1.807) is 13.3 Å². The summed E-state index contributed by atoms with van der Waals surface area (Å²) in [7, 11) is 7.72. The molecule has 2 aromatic heterocycles. The van der Waals surface area contributed by atoms with E-state index in [4.69, 9.17) is 4.74 Å². The van der Waals surface area contributed by atoms with E-state index in [0.29, 0.717) is 12.2 Å². The van der Waals surface area contributed by atoms with Gasteiger partial charge in [0, 0.05) is 48.0 Å². The Morgan fingerprint density at radius 2 is 1.93 bits per heavy atom. The molecule has 29 heavy (non-hydrogen) atoms. The Morgan fingerprint density at radius 3 is 2.66 bits per heavy atom. The molecule has 0 aliphatic carbocycles. The third-order valence-corrected chi connectivity index (χ3v) is 5.54. The number of aryl methyl sites for hydroxylation is 2. The molecule has 4 rings (SSSR count).